The minimum Gasteiger partial charge on any atom is -0.497 e. The van der Waals surface area contributed by atoms with Crippen molar-refractivity contribution in [2.75, 3.05) is 19.5 Å². The van der Waals surface area contributed by atoms with Crippen molar-refractivity contribution >= 4 is 11.7 Å². The second-order valence-corrected chi connectivity index (χ2v) is 5.94. The van der Waals surface area contributed by atoms with Crippen LogP contribution in [0.15, 0.2) is 60.9 Å². The monoisotopic (exact) mass is 366 g/mol. The van der Waals surface area contributed by atoms with Gasteiger partial charge >= 0.3 is 6.03 Å². The van der Waals surface area contributed by atoms with Gasteiger partial charge in [-0.3, -0.25) is 0 Å². The lowest BCUT2D eigenvalue weighted by Gasteiger charge is -2.21. The Labute approximate surface area is 157 Å². The first-order valence-electron chi connectivity index (χ1n) is 8.43. The number of nitrogens with zero attached hydrogens (tertiary/aromatic N) is 2. The van der Waals surface area contributed by atoms with Crippen molar-refractivity contribution < 1.29 is 14.3 Å². The normalized spacial score (nSPS) is 11.5. The first-order valence-corrected chi connectivity index (χ1v) is 8.43. The highest BCUT2D eigenvalue weighted by Gasteiger charge is 2.22. The Morgan fingerprint density at radius 2 is 1.74 bits per heavy atom. The number of aromatic nitrogens is 2. The number of imidazole rings is 1. The summed E-state index contributed by atoms with van der Waals surface area (Å²) < 4.78 is 12.6. The maximum atomic E-state index is 12.6. The summed E-state index contributed by atoms with van der Waals surface area (Å²) in [6.45, 7) is 0. The molecule has 0 radical (unpaired) electrons. The molecule has 0 saturated carbocycles. The average Bonchev–Trinajstić information content (AvgIpc) is 3.12. The Morgan fingerprint density at radius 1 is 1.07 bits per heavy atom. The standard InChI is InChI=1S/C20H22N4O3/c1-24-10-9-21-19(24)18(14-11-16(26-2)13-17(12-14)27-3)23-20(25)22-15-7-5-4-6-8-15/h4-13,18H,1-3H3,(H2,22,23,25)/t18-/m1/s1. The summed E-state index contributed by atoms with van der Waals surface area (Å²) in [6.07, 6.45) is 3.52. The summed E-state index contributed by atoms with van der Waals surface area (Å²) in [5.74, 6) is 1.95. The van der Waals surface area contributed by atoms with Crippen LogP contribution in [-0.2, 0) is 7.05 Å². The van der Waals surface area contributed by atoms with E-state index in [-0.39, 0.29) is 6.03 Å². The predicted octanol–water partition coefficient (Wildman–Crippen LogP) is 3.35. The summed E-state index contributed by atoms with van der Waals surface area (Å²) in [5, 5.41) is 5.81. The number of aryl methyl sites for hydroxylation is 1. The molecule has 0 fully saturated rings. The van der Waals surface area contributed by atoms with E-state index in [2.05, 4.69) is 15.6 Å². The Hall–Kier alpha value is -3.48. The Balaban J connectivity index is 1.93. The van der Waals surface area contributed by atoms with Crippen LogP contribution < -0.4 is 20.1 Å². The highest BCUT2D eigenvalue weighted by molar-refractivity contribution is 5.89. The largest absolute Gasteiger partial charge is 0.497 e. The summed E-state index contributed by atoms with van der Waals surface area (Å²) in [5.41, 5.74) is 1.50. The van der Waals surface area contributed by atoms with Gasteiger partial charge in [-0.25, -0.2) is 9.78 Å². The minimum absolute atomic E-state index is 0.337. The van der Waals surface area contributed by atoms with Crippen molar-refractivity contribution in [3.05, 3.63) is 72.3 Å². The zero-order valence-electron chi connectivity index (χ0n) is 15.5. The molecule has 2 N–H and O–H groups in total. The van der Waals surface area contributed by atoms with Crippen LogP contribution in [0.4, 0.5) is 10.5 Å². The van der Waals surface area contributed by atoms with E-state index in [9.17, 15) is 4.79 Å². The third kappa shape index (κ3) is 4.38. The molecule has 140 valence electrons. The summed E-state index contributed by atoms with van der Waals surface area (Å²) in [7, 11) is 5.05. The zero-order chi connectivity index (χ0) is 19.2. The average molecular weight is 366 g/mol. The molecule has 2 aromatic carbocycles. The number of nitrogens with one attached hydrogen (secondary N) is 2. The molecule has 3 aromatic rings. The number of carbonyl (C=O) groups excluding carboxylic acids is 1. The number of carbonyl (C=O) groups is 1. The summed E-state index contributed by atoms with van der Waals surface area (Å²) >= 11 is 0. The maximum absolute atomic E-state index is 12.6. The van der Waals surface area contributed by atoms with Crippen molar-refractivity contribution in [3.63, 3.8) is 0 Å². The fourth-order valence-electron chi connectivity index (χ4n) is 2.77. The maximum Gasteiger partial charge on any atom is 0.320 e. The van der Waals surface area contributed by atoms with E-state index in [1.165, 1.54) is 0 Å². The fraction of sp³-hybridized carbons (Fsp3) is 0.200. The van der Waals surface area contributed by atoms with Gasteiger partial charge < -0.3 is 24.7 Å². The second kappa shape index (κ2) is 8.27. The van der Waals surface area contributed by atoms with Crippen LogP contribution in [0.5, 0.6) is 11.5 Å². The van der Waals surface area contributed by atoms with Crippen molar-refractivity contribution in [2.24, 2.45) is 7.05 Å². The Morgan fingerprint density at radius 3 is 2.30 bits per heavy atom. The van der Waals surface area contributed by atoms with Crippen molar-refractivity contribution in [1.29, 1.82) is 0 Å². The van der Waals surface area contributed by atoms with E-state index in [4.69, 9.17) is 9.47 Å². The molecule has 0 saturated heterocycles. The number of anilines is 1. The van der Waals surface area contributed by atoms with E-state index in [1.807, 2.05) is 60.3 Å². The van der Waals surface area contributed by atoms with E-state index < -0.39 is 6.04 Å². The van der Waals surface area contributed by atoms with E-state index in [1.54, 1.807) is 26.5 Å². The molecule has 0 aliphatic heterocycles. The van der Waals surface area contributed by atoms with Gasteiger partial charge in [-0.2, -0.15) is 0 Å². The highest BCUT2D eigenvalue weighted by atomic mass is 16.5. The van der Waals surface area contributed by atoms with Gasteiger partial charge in [0, 0.05) is 31.2 Å². The molecule has 7 heteroatoms. The van der Waals surface area contributed by atoms with E-state index >= 15 is 0 Å². The predicted molar refractivity (Wildman–Crippen MR) is 103 cm³/mol. The third-order valence-electron chi connectivity index (χ3n) is 4.13. The van der Waals surface area contributed by atoms with Crippen LogP contribution in [0, 0.1) is 0 Å². The molecule has 1 aromatic heterocycles. The smallest absolute Gasteiger partial charge is 0.320 e. The van der Waals surface area contributed by atoms with Gasteiger partial charge in [0.25, 0.3) is 0 Å². The molecule has 0 bridgehead atoms. The SMILES string of the molecule is COc1cc(OC)cc([C@@H](NC(=O)Nc2ccccc2)c2nccn2C)c1. The van der Waals surface area contributed by atoms with Crippen LogP contribution in [0.1, 0.15) is 17.4 Å². The highest BCUT2D eigenvalue weighted by Crippen LogP contribution is 2.29. The number of benzene rings is 2. The number of methoxy groups -OCH3 is 2. The second-order valence-electron chi connectivity index (χ2n) is 5.94. The van der Waals surface area contributed by atoms with Gasteiger partial charge in [0.2, 0.25) is 0 Å². The van der Waals surface area contributed by atoms with Crippen LogP contribution in [0.3, 0.4) is 0 Å². The topological polar surface area (TPSA) is 77.4 Å². The first-order chi connectivity index (χ1) is 13.1. The number of urea groups is 1. The van der Waals surface area contributed by atoms with Crippen LogP contribution in [-0.4, -0.2) is 29.8 Å². The molecule has 0 unspecified atom stereocenters. The molecule has 0 aliphatic carbocycles. The van der Waals surface area contributed by atoms with Gasteiger partial charge in [0.05, 0.1) is 14.2 Å². The Kier molecular flexibility index (Phi) is 5.61. The number of hydrogen-bond donors (Lipinski definition) is 2. The van der Waals surface area contributed by atoms with Gasteiger partial charge in [0.1, 0.15) is 23.4 Å². The first kappa shape index (κ1) is 18.3. The molecule has 27 heavy (non-hydrogen) atoms. The van der Waals surface area contributed by atoms with E-state index in [0.29, 0.717) is 23.0 Å². The molecular formula is C20H22N4O3. The number of hydrogen-bond acceptors (Lipinski definition) is 4. The summed E-state index contributed by atoms with van der Waals surface area (Å²) in [6, 6.07) is 13.9. The zero-order valence-corrected chi connectivity index (χ0v) is 15.5. The van der Waals surface area contributed by atoms with E-state index in [0.717, 1.165) is 5.56 Å². The number of ether oxygens (including phenoxy) is 2. The number of rotatable bonds is 6. The van der Waals surface area contributed by atoms with Crippen LogP contribution >= 0.6 is 0 Å². The minimum atomic E-state index is -0.488. The van der Waals surface area contributed by atoms with Gasteiger partial charge in [-0.05, 0) is 29.8 Å². The number of para-hydroxylation sites is 1. The fourth-order valence-corrected chi connectivity index (χ4v) is 2.77. The van der Waals surface area contributed by atoms with Gasteiger partial charge in [0.15, 0.2) is 0 Å². The molecule has 7 nitrogen and oxygen atoms in total. The molecule has 0 spiro atoms. The molecule has 1 heterocycles. The van der Waals surface area contributed by atoms with Crippen molar-refractivity contribution in [1.82, 2.24) is 14.9 Å². The van der Waals surface area contributed by atoms with Crippen molar-refractivity contribution in [3.8, 4) is 11.5 Å². The molecule has 3 rings (SSSR count). The Bertz CT molecular complexity index is 886. The quantitative estimate of drug-likeness (QED) is 0.701. The molecular weight excluding hydrogens is 344 g/mol. The lowest BCUT2D eigenvalue weighted by molar-refractivity contribution is 0.249. The summed E-state index contributed by atoms with van der Waals surface area (Å²) in [4.78, 5) is 17.0. The molecule has 2 amide bonds. The van der Waals surface area contributed by atoms with Crippen LogP contribution in [0.2, 0.25) is 0 Å². The molecule has 1 atom stereocenters. The lowest BCUT2D eigenvalue weighted by atomic mass is 10.1. The number of amides is 2. The van der Waals surface area contributed by atoms with Gasteiger partial charge in [-0.15, -0.1) is 0 Å². The van der Waals surface area contributed by atoms with Gasteiger partial charge in [-0.1, -0.05) is 18.2 Å². The van der Waals surface area contributed by atoms with Crippen molar-refractivity contribution in [2.45, 2.75) is 6.04 Å². The molecule has 0 aliphatic rings. The third-order valence-corrected chi connectivity index (χ3v) is 4.13. The lowest BCUT2D eigenvalue weighted by Crippen LogP contribution is -2.34. The van der Waals surface area contributed by atoms with Crippen LogP contribution in [0.25, 0.3) is 0 Å².